The lowest BCUT2D eigenvalue weighted by molar-refractivity contribution is 0.0415. The first-order valence-electron chi connectivity index (χ1n) is 8.86. The summed E-state index contributed by atoms with van der Waals surface area (Å²) in [5, 5.41) is 14.0. The van der Waals surface area contributed by atoms with E-state index in [-0.39, 0.29) is 18.3 Å². The second-order valence-electron chi connectivity index (χ2n) is 6.08. The maximum Gasteiger partial charge on any atom is 0.378 e. The Morgan fingerprint density at radius 3 is 2.73 bits per heavy atom. The molecule has 8 nitrogen and oxygen atoms in total. The van der Waals surface area contributed by atoms with Crippen LogP contribution in [0.1, 0.15) is 16.5 Å². The van der Waals surface area contributed by atoms with Crippen LogP contribution in [-0.4, -0.2) is 30.9 Å². The fourth-order valence-electron chi connectivity index (χ4n) is 2.73. The van der Waals surface area contributed by atoms with E-state index >= 15 is 0 Å². The van der Waals surface area contributed by atoms with Gasteiger partial charge in [-0.05, 0) is 35.0 Å². The summed E-state index contributed by atoms with van der Waals surface area (Å²) in [7, 11) is 0. The Balaban J connectivity index is 1.37. The van der Waals surface area contributed by atoms with Gasteiger partial charge in [0, 0.05) is 10.9 Å². The molecule has 0 saturated carbocycles. The summed E-state index contributed by atoms with van der Waals surface area (Å²) in [5.41, 5.74) is 1.65. The quantitative estimate of drug-likeness (QED) is 0.363. The number of carbonyl (C=O) groups is 1. The van der Waals surface area contributed by atoms with Gasteiger partial charge < -0.3 is 9.26 Å². The van der Waals surface area contributed by atoms with Crippen LogP contribution in [0, 0.1) is 0 Å². The van der Waals surface area contributed by atoms with E-state index in [0.29, 0.717) is 11.6 Å². The average molecular weight is 435 g/mol. The van der Waals surface area contributed by atoms with Gasteiger partial charge in [0.25, 0.3) is 11.7 Å². The Morgan fingerprint density at radius 1 is 1.07 bits per heavy atom. The van der Waals surface area contributed by atoms with Crippen molar-refractivity contribution in [3.8, 4) is 27.8 Å². The predicted molar refractivity (Wildman–Crippen MR) is 111 cm³/mol. The van der Waals surface area contributed by atoms with E-state index in [0.717, 1.165) is 16.1 Å². The molecule has 5 rings (SSSR count). The minimum absolute atomic E-state index is 0.0418. The Kier molecular flexibility index (Phi) is 4.91. The van der Waals surface area contributed by atoms with Crippen LogP contribution in [0.3, 0.4) is 0 Å². The molecule has 5 aromatic rings. The molecule has 0 N–H and O–H groups in total. The number of rotatable bonds is 6. The van der Waals surface area contributed by atoms with Crippen LogP contribution in [0.5, 0.6) is 0 Å². The van der Waals surface area contributed by atoms with E-state index in [1.54, 1.807) is 4.68 Å². The van der Waals surface area contributed by atoms with Gasteiger partial charge in [0.15, 0.2) is 12.4 Å². The zero-order valence-electron chi connectivity index (χ0n) is 15.3. The summed E-state index contributed by atoms with van der Waals surface area (Å²) in [5.74, 6) is 0.512. The minimum Gasteiger partial charge on any atom is -0.450 e. The number of hydrogen-bond donors (Lipinski definition) is 0. The highest BCUT2D eigenvalue weighted by Gasteiger charge is 2.21. The largest absolute Gasteiger partial charge is 0.450 e. The van der Waals surface area contributed by atoms with Crippen molar-refractivity contribution >= 4 is 28.6 Å². The zero-order valence-corrected chi connectivity index (χ0v) is 17.0. The van der Waals surface area contributed by atoms with Gasteiger partial charge >= 0.3 is 5.97 Å². The maximum absolute atomic E-state index is 12.6. The Morgan fingerprint density at radius 2 is 1.97 bits per heavy atom. The van der Waals surface area contributed by atoms with Gasteiger partial charge in [0.2, 0.25) is 5.82 Å². The molecule has 0 atom stereocenters. The van der Waals surface area contributed by atoms with Crippen LogP contribution >= 0.6 is 22.7 Å². The first-order chi connectivity index (χ1) is 14.8. The molecule has 4 heterocycles. The van der Waals surface area contributed by atoms with Crippen molar-refractivity contribution in [1.82, 2.24) is 24.9 Å². The predicted octanol–water partition coefficient (Wildman–Crippen LogP) is 4.46. The normalized spacial score (nSPS) is 10.9. The number of aromatic nitrogens is 5. The second kappa shape index (κ2) is 8.01. The molecule has 1 aromatic carbocycles. The smallest absolute Gasteiger partial charge is 0.378 e. The van der Waals surface area contributed by atoms with Crippen molar-refractivity contribution in [1.29, 1.82) is 0 Å². The highest BCUT2D eigenvalue weighted by Crippen LogP contribution is 2.26. The molecule has 0 saturated heterocycles. The molecule has 0 amide bonds. The number of para-hydroxylation sites is 1. The topological polar surface area (TPSA) is 95.9 Å². The lowest BCUT2D eigenvalue weighted by Gasteiger charge is -2.03. The number of hydrogen-bond acceptors (Lipinski definition) is 9. The molecule has 0 unspecified atom stereocenters. The number of esters is 1. The molecule has 0 spiro atoms. The third-order valence-corrected chi connectivity index (χ3v) is 5.66. The third-order valence-electron chi connectivity index (χ3n) is 4.11. The summed E-state index contributed by atoms with van der Waals surface area (Å²) >= 11 is 3.05. The van der Waals surface area contributed by atoms with E-state index in [9.17, 15) is 4.79 Å². The van der Waals surface area contributed by atoms with Crippen molar-refractivity contribution < 1.29 is 14.1 Å². The number of thiophene rings is 2. The molecule has 0 aliphatic rings. The molecule has 0 fully saturated rings. The number of benzene rings is 1. The van der Waals surface area contributed by atoms with Gasteiger partial charge in [-0.25, -0.2) is 9.48 Å². The summed E-state index contributed by atoms with van der Waals surface area (Å²) in [6.45, 7) is -0.163. The zero-order chi connectivity index (χ0) is 20.3. The lowest BCUT2D eigenvalue weighted by Crippen LogP contribution is -2.08. The molecule has 4 aromatic heterocycles. The van der Waals surface area contributed by atoms with Crippen molar-refractivity contribution in [2.75, 3.05) is 0 Å². The fraction of sp³-hybridized carbons (Fsp3) is 0.0500. The first kappa shape index (κ1) is 18.4. The highest BCUT2D eigenvalue weighted by atomic mass is 32.1. The van der Waals surface area contributed by atoms with Crippen LogP contribution < -0.4 is 0 Å². The van der Waals surface area contributed by atoms with Crippen molar-refractivity contribution in [3.63, 3.8) is 0 Å². The second-order valence-corrected chi connectivity index (χ2v) is 7.81. The van der Waals surface area contributed by atoms with E-state index < -0.39 is 5.97 Å². The van der Waals surface area contributed by atoms with Crippen LogP contribution in [0.15, 0.2) is 69.2 Å². The molecule has 30 heavy (non-hydrogen) atoms. The standard InChI is InChI=1S/C20H13N5O3S2/c26-20(27-11-16-21-17(24-28-16)13-8-10-29-12-13)18-22-19(15-7-4-9-30-15)25(23-18)14-5-2-1-3-6-14/h1-10,12H,11H2. The van der Waals surface area contributed by atoms with Gasteiger partial charge in [-0.1, -0.05) is 29.4 Å². The van der Waals surface area contributed by atoms with E-state index in [1.165, 1.54) is 22.7 Å². The summed E-state index contributed by atoms with van der Waals surface area (Å²) in [6, 6.07) is 15.2. The number of ether oxygens (including phenoxy) is 1. The van der Waals surface area contributed by atoms with E-state index in [1.807, 2.05) is 64.7 Å². The molecule has 0 bridgehead atoms. The minimum atomic E-state index is -0.669. The Labute approximate surface area is 178 Å². The van der Waals surface area contributed by atoms with Gasteiger partial charge in [0.1, 0.15) is 0 Å². The van der Waals surface area contributed by atoms with E-state index in [2.05, 4.69) is 20.2 Å². The van der Waals surface area contributed by atoms with Crippen LogP contribution in [-0.2, 0) is 11.3 Å². The molecule has 10 heteroatoms. The lowest BCUT2D eigenvalue weighted by atomic mass is 10.3. The Bertz CT molecular complexity index is 1260. The van der Waals surface area contributed by atoms with Crippen LogP contribution in [0.2, 0.25) is 0 Å². The Hall–Kier alpha value is -3.63. The summed E-state index contributed by atoms with van der Waals surface area (Å²) < 4.78 is 12.1. The van der Waals surface area contributed by atoms with E-state index in [4.69, 9.17) is 9.26 Å². The fourth-order valence-corrected chi connectivity index (χ4v) is 4.06. The SMILES string of the molecule is O=C(OCc1nc(-c2ccsc2)no1)c1nc(-c2cccs2)n(-c2ccccc2)n1. The molecule has 0 aliphatic heterocycles. The van der Waals surface area contributed by atoms with Crippen molar-refractivity contribution in [2.45, 2.75) is 6.61 Å². The number of carbonyl (C=O) groups excluding carboxylic acids is 1. The first-order valence-corrected chi connectivity index (χ1v) is 10.7. The number of nitrogens with zero attached hydrogens (tertiary/aromatic N) is 5. The molecule has 148 valence electrons. The van der Waals surface area contributed by atoms with Gasteiger partial charge in [-0.15, -0.1) is 16.4 Å². The molecular formula is C20H13N5O3S2. The van der Waals surface area contributed by atoms with Crippen molar-refractivity contribution in [3.05, 3.63) is 76.4 Å². The molecular weight excluding hydrogens is 422 g/mol. The highest BCUT2D eigenvalue weighted by molar-refractivity contribution is 7.13. The maximum atomic E-state index is 12.6. The third kappa shape index (κ3) is 3.65. The summed E-state index contributed by atoms with van der Waals surface area (Å²) in [4.78, 5) is 22.1. The van der Waals surface area contributed by atoms with Gasteiger partial charge in [-0.3, -0.25) is 0 Å². The average Bonchev–Trinajstić information content (AvgIpc) is 3.57. The van der Waals surface area contributed by atoms with Crippen molar-refractivity contribution in [2.24, 2.45) is 0 Å². The monoisotopic (exact) mass is 435 g/mol. The van der Waals surface area contributed by atoms with Gasteiger partial charge in [0.05, 0.1) is 10.6 Å². The summed E-state index contributed by atoms with van der Waals surface area (Å²) in [6.07, 6.45) is 0. The van der Waals surface area contributed by atoms with Crippen LogP contribution in [0.25, 0.3) is 27.8 Å². The molecule has 0 aliphatic carbocycles. The van der Waals surface area contributed by atoms with Gasteiger partial charge in [-0.2, -0.15) is 21.3 Å². The molecule has 0 radical (unpaired) electrons. The van der Waals surface area contributed by atoms with Crippen LogP contribution in [0.4, 0.5) is 0 Å².